The van der Waals surface area contributed by atoms with Crippen molar-refractivity contribution in [1.82, 2.24) is 18.9 Å². The number of rotatable bonds is 7. The Kier molecular flexibility index (Phi) is 5.24. The van der Waals surface area contributed by atoms with E-state index in [-0.39, 0.29) is 0 Å². The zero-order chi connectivity index (χ0) is 23.1. The number of anilines is 2. The lowest BCUT2D eigenvalue weighted by Gasteiger charge is -2.27. The van der Waals surface area contributed by atoms with Crippen LogP contribution in [0.3, 0.4) is 0 Å². The lowest BCUT2D eigenvalue weighted by atomic mass is 10.2. The summed E-state index contributed by atoms with van der Waals surface area (Å²) in [5.74, 6) is 2.06. The smallest absolute Gasteiger partial charge is 0.238 e. The molecule has 8 nitrogen and oxygen atoms in total. The molecular weight excluding hydrogens is 452 g/mol. The van der Waals surface area contributed by atoms with Gasteiger partial charge < -0.3 is 29.1 Å². The summed E-state index contributed by atoms with van der Waals surface area (Å²) in [5.41, 5.74) is 4.97. The van der Waals surface area contributed by atoms with Gasteiger partial charge in [-0.3, -0.25) is 0 Å². The topological polar surface area (TPSA) is 77.6 Å². The van der Waals surface area contributed by atoms with E-state index in [0.717, 1.165) is 52.8 Å². The van der Waals surface area contributed by atoms with Gasteiger partial charge in [-0.2, -0.15) is 4.98 Å². The number of ether oxygens (including phenoxy) is 2. The predicted octanol–water partition coefficient (Wildman–Crippen LogP) is 5.09. The van der Waals surface area contributed by atoms with Gasteiger partial charge in [-0.15, -0.1) is 0 Å². The number of pyridine rings is 1. The van der Waals surface area contributed by atoms with Crippen molar-refractivity contribution in [2.75, 3.05) is 23.8 Å². The van der Waals surface area contributed by atoms with Crippen LogP contribution in [0.25, 0.3) is 16.7 Å². The molecule has 1 aliphatic heterocycles. The Morgan fingerprint density at radius 1 is 1.09 bits per heavy atom. The first-order chi connectivity index (χ1) is 16.6. The van der Waals surface area contributed by atoms with E-state index >= 15 is 0 Å². The molecule has 0 radical (unpaired) electrons. The van der Waals surface area contributed by atoms with Gasteiger partial charge in [-0.05, 0) is 42.0 Å². The summed E-state index contributed by atoms with van der Waals surface area (Å²) in [6.45, 7) is 2.16. The first-order valence-corrected chi connectivity index (χ1v) is 11.4. The Labute approximate surface area is 201 Å². The van der Waals surface area contributed by atoms with Crippen LogP contribution < -0.4 is 15.4 Å². The number of aromatic nitrogens is 4. The monoisotopic (exact) mass is 474 g/mol. The molecule has 2 N–H and O–H groups in total. The number of hydrogen-bond donors (Lipinski definition) is 2. The third kappa shape index (κ3) is 4.13. The van der Waals surface area contributed by atoms with Crippen molar-refractivity contribution in [3.05, 3.63) is 77.6 Å². The SMILES string of the molecule is Cn1c(NCc2ccc(Oc3cn4ccc(Cl)cc4n3)cc2)nc2ccc(NC3COC3)cc21. The van der Waals surface area contributed by atoms with Gasteiger partial charge in [0.25, 0.3) is 0 Å². The zero-order valence-electron chi connectivity index (χ0n) is 18.5. The summed E-state index contributed by atoms with van der Waals surface area (Å²) in [6, 6.07) is 18.2. The van der Waals surface area contributed by atoms with Crippen molar-refractivity contribution in [2.45, 2.75) is 12.6 Å². The van der Waals surface area contributed by atoms with Crippen molar-refractivity contribution in [2.24, 2.45) is 7.05 Å². The van der Waals surface area contributed by atoms with E-state index < -0.39 is 0 Å². The number of nitrogens with one attached hydrogen (secondary N) is 2. The number of imidazole rings is 2. The molecule has 5 aromatic rings. The van der Waals surface area contributed by atoms with E-state index in [1.165, 1.54) is 0 Å². The molecule has 0 spiro atoms. The molecule has 1 fully saturated rings. The molecule has 4 heterocycles. The van der Waals surface area contributed by atoms with Gasteiger partial charge in [0, 0.05) is 36.6 Å². The Morgan fingerprint density at radius 3 is 2.74 bits per heavy atom. The molecule has 0 saturated carbocycles. The fourth-order valence-electron chi connectivity index (χ4n) is 3.95. The lowest BCUT2D eigenvalue weighted by molar-refractivity contribution is 0.0211. The van der Waals surface area contributed by atoms with Crippen LogP contribution in [-0.2, 0) is 18.3 Å². The average molecular weight is 475 g/mol. The van der Waals surface area contributed by atoms with Crippen LogP contribution in [-0.4, -0.2) is 38.2 Å². The highest BCUT2D eigenvalue weighted by molar-refractivity contribution is 6.30. The van der Waals surface area contributed by atoms with Crippen LogP contribution in [0.15, 0.2) is 67.0 Å². The maximum absolute atomic E-state index is 6.03. The van der Waals surface area contributed by atoms with Crippen molar-refractivity contribution in [1.29, 1.82) is 0 Å². The Hall–Kier alpha value is -3.75. The van der Waals surface area contributed by atoms with Crippen LogP contribution in [0.2, 0.25) is 5.02 Å². The highest BCUT2D eigenvalue weighted by atomic mass is 35.5. The lowest BCUT2D eigenvalue weighted by Crippen LogP contribution is -2.40. The van der Waals surface area contributed by atoms with Crippen LogP contribution in [0.1, 0.15) is 5.56 Å². The van der Waals surface area contributed by atoms with Gasteiger partial charge in [-0.1, -0.05) is 23.7 Å². The minimum atomic E-state index is 0.390. The van der Waals surface area contributed by atoms with Gasteiger partial charge in [0.15, 0.2) is 0 Å². The standard InChI is InChI=1S/C25H23ClN6O2/c1-31-22-11-18(28-19-14-33-15-19)4-7-21(22)29-25(31)27-12-16-2-5-20(6-3-16)34-24-13-32-9-8-17(26)10-23(32)30-24/h2-11,13,19,28H,12,14-15H2,1H3,(H,27,29). The van der Waals surface area contributed by atoms with Gasteiger partial charge >= 0.3 is 0 Å². The van der Waals surface area contributed by atoms with E-state index in [4.69, 9.17) is 26.1 Å². The molecule has 2 aromatic carbocycles. The minimum Gasteiger partial charge on any atom is -0.437 e. The first-order valence-electron chi connectivity index (χ1n) is 11.1. The summed E-state index contributed by atoms with van der Waals surface area (Å²) in [5, 5.41) is 7.56. The normalized spacial score (nSPS) is 13.8. The Morgan fingerprint density at radius 2 is 1.94 bits per heavy atom. The van der Waals surface area contributed by atoms with Gasteiger partial charge in [0.2, 0.25) is 11.8 Å². The maximum atomic E-state index is 6.03. The molecule has 0 amide bonds. The first kappa shape index (κ1) is 20.8. The maximum Gasteiger partial charge on any atom is 0.238 e. The fraction of sp³-hybridized carbons (Fsp3) is 0.200. The summed E-state index contributed by atoms with van der Waals surface area (Å²) in [4.78, 5) is 9.19. The zero-order valence-corrected chi connectivity index (χ0v) is 19.3. The van der Waals surface area contributed by atoms with Crippen molar-refractivity contribution >= 4 is 39.9 Å². The summed E-state index contributed by atoms with van der Waals surface area (Å²) in [6.07, 6.45) is 3.68. The molecule has 1 aliphatic rings. The summed E-state index contributed by atoms with van der Waals surface area (Å²) in [7, 11) is 2.02. The van der Waals surface area contributed by atoms with E-state index in [9.17, 15) is 0 Å². The number of aryl methyl sites for hydroxylation is 1. The molecule has 34 heavy (non-hydrogen) atoms. The van der Waals surface area contributed by atoms with Crippen LogP contribution >= 0.6 is 11.6 Å². The second-order valence-electron chi connectivity index (χ2n) is 8.37. The van der Waals surface area contributed by atoms with Crippen LogP contribution in [0.5, 0.6) is 11.6 Å². The van der Waals surface area contributed by atoms with Crippen molar-refractivity contribution in [3.63, 3.8) is 0 Å². The molecule has 0 bridgehead atoms. The molecule has 6 rings (SSSR count). The van der Waals surface area contributed by atoms with E-state index in [1.807, 2.05) is 60.2 Å². The quantitative estimate of drug-likeness (QED) is 0.342. The van der Waals surface area contributed by atoms with E-state index in [0.29, 0.717) is 23.5 Å². The second-order valence-corrected chi connectivity index (χ2v) is 8.80. The average Bonchev–Trinajstić information content (AvgIpc) is 3.35. The molecule has 3 aromatic heterocycles. The molecule has 0 atom stereocenters. The van der Waals surface area contributed by atoms with E-state index in [1.54, 1.807) is 6.07 Å². The minimum absolute atomic E-state index is 0.390. The van der Waals surface area contributed by atoms with Crippen molar-refractivity contribution < 1.29 is 9.47 Å². The molecule has 172 valence electrons. The largest absolute Gasteiger partial charge is 0.437 e. The third-order valence-corrected chi connectivity index (χ3v) is 6.12. The van der Waals surface area contributed by atoms with Gasteiger partial charge in [-0.25, -0.2) is 4.98 Å². The number of nitrogens with zero attached hydrogens (tertiary/aromatic N) is 4. The number of halogens is 1. The fourth-order valence-corrected chi connectivity index (χ4v) is 4.11. The molecule has 1 saturated heterocycles. The number of fused-ring (bicyclic) bond motifs is 2. The number of hydrogen-bond acceptors (Lipinski definition) is 6. The van der Waals surface area contributed by atoms with Gasteiger partial charge in [0.1, 0.15) is 11.4 Å². The highest BCUT2D eigenvalue weighted by Crippen LogP contribution is 2.25. The Balaban J connectivity index is 1.11. The third-order valence-electron chi connectivity index (χ3n) is 5.89. The number of benzene rings is 2. The summed E-state index contributed by atoms with van der Waals surface area (Å²) >= 11 is 6.03. The van der Waals surface area contributed by atoms with Crippen molar-refractivity contribution in [3.8, 4) is 11.6 Å². The second kappa shape index (κ2) is 8.55. The van der Waals surface area contributed by atoms with Crippen LogP contribution in [0, 0.1) is 0 Å². The van der Waals surface area contributed by atoms with Gasteiger partial charge in [0.05, 0.1) is 36.5 Å². The molecule has 0 unspecified atom stereocenters. The molecule has 0 aliphatic carbocycles. The predicted molar refractivity (Wildman–Crippen MR) is 133 cm³/mol. The van der Waals surface area contributed by atoms with Crippen LogP contribution in [0.4, 0.5) is 11.6 Å². The summed E-state index contributed by atoms with van der Waals surface area (Å²) < 4.78 is 15.1. The highest BCUT2D eigenvalue weighted by Gasteiger charge is 2.18. The van der Waals surface area contributed by atoms with E-state index in [2.05, 4.69) is 32.3 Å². The molecular formula is C25H23ClN6O2. The Bertz CT molecular complexity index is 1470. The molecule has 9 heteroatoms.